The van der Waals surface area contributed by atoms with Crippen LogP contribution in [-0.4, -0.2) is 20.9 Å². The summed E-state index contributed by atoms with van der Waals surface area (Å²) < 4.78 is 15.6. The van der Waals surface area contributed by atoms with Crippen molar-refractivity contribution in [3.63, 3.8) is 0 Å². The summed E-state index contributed by atoms with van der Waals surface area (Å²) in [6, 6.07) is 13.0. The molecule has 0 saturated heterocycles. The van der Waals surface area contributed by atoms with E-state index in [1.54, 1.807) is 41.3 Å². The van der Waals surface area contributed by atoms with Crippen molar-refractivity contribution in [2.75, 3.05) is 11.4 Å². The summed E-state index contributed by atoms with van der Waals surface area (Å²) >= 11 is 6.15. The van der Waals surface area contributed by atoms with Crippen LogP contribution in [0, 0.1) is 5.82 Å². The van der Waals surface area contributed by atoms with E-state index in [0.29, 0.717) is 35.3 Å². The van der Waals surface area contributed by atoms with E-state index >= 15 is 0 Å². The highest BCUT2D eigenvalue weighted by Gasteiger charge is 2.26. The van der Waals surface area contributed by atoms with E-state index in [0.717, 1.165) is 4.68 Å². The fourth-order valence-electron chi connectivity index (χ4n) is 2.99. The van der Waals surface area contributed by atoms with Gasteiger partial charge in [0.2, 0.25) is 5.95 Å². The highest BCUT2D eigenvalue weighted by molar-refractivity contribution is 6.31. The molecule has 0 saturated carbocycles. The van der Waals surface area contributed by atoms with Crippen molar-refractivity contribution in [3.05, 3.63) is 85.6 Å². The number of nitrogens with zero attached hydrogens (tertiary/aromatic N) is 4. The second-order valence-corrected chi connectivity index (χ2v) is 6.35. The Morgan fingerprint density at radius 2 is 1.73 bits per heavy atom. The van der Waals surface area contributed by atoms with Gasteiger partial charge < -0.3 is 4.90 Å². The molecule has 0 radical (unpaired) electrons. The first kappa shape index (κ1) is 16.5. The molecule has 2 aromatic carbocycles. The van der Waals surface area contributed by atoms with Crippen LogP contribution in [0.15, 0.2) is 58.1 Å². The standard InChI is InChI=1S/C18H14ClFN4O2/c19-15-4-2-1-3-12(15)11-24-17(26)16(25)23-10-9-22(18(23)21-24)14-7-5-13(20)6-8-14/h1-8H,9-11H2. The lowest BCUT2D eigenvalue weighted by molar-refractivity contribution is 0.591. The third-order valence-corrected chi connectivity index (χ3v) is 4.69. The quantitative estimate of drug-likeness (QED) is 0.662. The minimum Gasteiger partial charge on any atom is -0.309 e. The van der Waals surface area contributed by atoms with Crippen molar-refractivity contribution in [2.45, 2.75) is 13.1 Å². The molecule has 0 bridgehead atoms. The van der Waals surface area contributed by atoms with Gasteiger partial charge in [0.25, 0.3) is 0 Å². The Hall–Kier alpha value is -2.93. The molecule has 1 aromatic heterocycles. The number of benzene rings is 2. The van der Waals surface area contributed by atoms with Gasteiger partial charge in [-0.15, -0.1) is 5.10 Å². The first-order valence-electron chi connectivity index (χ1n) is 8.03. The Balaban J connectivity index is 1.79. The average Bonchev–Trinajstić information content (AvgIpc) is 3.06. The molecular weight excluding hydrogens is 359 g/mol. The lowest BCUT2D eigenvalue weighted by atomic mass is 10.2. The van der Waals surface area contributed by atoms with Gasteiger partial charge in [0, 0.05) is 23.8 Å². The van der Waals surface area contributed by atoms with Crippen molar-refractivity contribution in [1.82, 2.24) is 14.3 Å². The fraction of sp³-hybridized carbons (Fsp3) is 0.167. The predicted octanol–water partition coefficient (Wildman–Crippen LogP) is 2.40. The van der Waals surface area contributed by atoms with Gasteiger partial charge in [-0.1, -0.05) is 29.8 Å². The van der Waals surface area contributed by atoms with E-state index in [9.17, 15) is 14.0 Å². The SMILES string of the molecule is O=c1c(=O)n2c(nn1Cc1ccccc1Cl)N(c1ccc(F)cc1)CC2. The molecule has 1 aliphatic rings. The summed E-state index contributed by atoms with van der Waals surface area (Å²) in [5, 5.41) is 4.87. The van der Waals surface area contributed by atoms with Crippen LogP contribution in [0.1, 0.15) is 5.56 Å². The van der Waals surface area contributed by atoms with Crippen molar-refractivity contribution in [1.29, 1.82) is 0 Å². The van der Waals surface area contributed by atoms with Crippen LogP contribution in [0.3, 0.4) is 0 Å². The molecule has 3 aromatic rings. The van der Waals surface area contributed by atoms with Crippen molar-refractivity contribution in [3.8, 4) is 0 Å². The van der Waals surface area contributed by atoms with E-state index in [4.69, 9.17) is 11.6 Å². The molecule has 0 aliphatic carbocycles. The third-order valence-electron chi connectivity index (χ3n) is 4.32. The monoisotopic (exact) mass is 372 g/mol. The summed E-state index contributed by atoms with van der Waals surface area (Å²) in [6.45, 7) is 0.920. The predicted molar refractivity (Wildman–Crippen MR) is 96.7 cm³/mol. The van der Waals surface area contributed by atoms with E-state index in [-0.39, 0.29) is 12.4 Å². The Morgan fingerprint density at radius 1 is 1.00 bits per heavy atom. The maximum absolute atomic E-state index is 13.2. The number of hydrogen-bond donors (Lipinski definition) is 0. The number of aromatic nitrogens is 3. The molecule has 0 N–H and O–H groups in total. The first-order chi connectivity index (χ1) is 12.5. The molecule has 2 heterocycles. The Morgan fingerprint density at radius 3 is 2.46 bits per heavy atom. The molecule has 6 nitrogen and oxygen atoms in total. The molecule has 1 aliphatic heterocycles. The molecule has 4 rings (SSSR count). The van der Waals surface area contributed by atoms with E-state index < -0.39 is 11.1 Å². The van der Waals surface area contributed by atoms with Crippen molar-refractivity contribution >= 4 is 23.2 Å². The Bertz CT molecular complexity index is 1090. The zero-order chi connectivity index (χ0) is 18.3. The average molecular weight is 373 g/mol. The normalized spacial score (nSPS) is 13.1. The van der Waals surface area contributed by atoms with Gasteiger partial charge in [-0.05, 0) is 35.9 Å². The molecule has 0 atom stereocenters. The largest absolute Gasteiger partial charge is 0.333 e. The molecule has 0 spiro atoms. The Kier molecular flexibility index (Phi) is 4.08. The molecular formula is C18H14ClFN4O2. The minimum absolute atomic E-state index is 0.0961. The van der Waals surface area contributed by atoms with Gasteiger partial charge in [0.15, 0.2) is 0 Å². The molecule has 0 amide bonds. The molecule has 0 unspecified atom stereocenters. The van der Waals surface area contributed by atoms with E-state index in [1.165, 1.54) is 16.7 Å². The highest BCUT2D eigenvalue weighted by Crippen LogP contribution is 2.26. The van der Waals surface area contributed by atoms with Crippen LogP contribution in [0.25, 0.3) is 0 Å². The molecule has 26 heavy (non-hydrogen) atoms. The second-order valence-electron chi connectivity index (χ2n) is 5.94. The smallest absolute Gasteiger partial charge is 0.309 e. The topological polar surface area (TPSA) is 60.1 Å². The van der Waals surface area contributed by atoms with Gasteiger partial charge >= 0.3 is 11.1 Å². The van der Waals surface area contributed by atoms with Gasteiger partial charge in [-0.25, -0.2) is 9.07 Å². The van der Waals surface area contributed by atoms with Gasteiger partial charge in [0.1, 0.15) is 5.82 Å². The van der Waals surface area contributed by atoms with Crippen LogP contribution < -0.4 is 16.0 Å². The maximum atomic E-state index is 13.2. The van der Waals surface area contributed by atoms with Crippen LogP contribution in [-0.2, 0) is 13.1 Å². The van der Waals surface area contributed by atoms with E-state index in [2.05, 4.69) is 5.10 Å². The number of fused-ring (bicyclic) bond motifs is 1. The number of rotatable bonds is 3. The number of anilines is 2. The lowest BCUT2D eigenvalue weighted by Gasteiger charge is -2.18. The highest BCUT2D eigenvalue weighted by atomic mass is 35.5. The molecule has 132 valence electrons. The zero-order valence-corrected chi connectivity index (χ0v) is 14.4. The summed E-state index contributed by atoms with van der Waals surface area (Å²) in [4.78, 5) is 26.6. The minimum atomic E-state index is -0.699. The lowest BCUT2D eigenvalue weighted by Crippen LogP contribution is -2.42. The van der Waals surface area contributed by atoms with Crippen LogP contribution in [0.2, 0.25) is 5.02 Å². The summed E-state index contributed by atoms with van der Waals surface area (Å²) in [7, 11) is 0. The number of halogens is 2. The van der Waals surface area contributed by atoms with Gasteiger partial charge in [-0.3, -0.25) is 14.2 Å². The molecule has 0 fully saturated rings. The second kappa shape index (κ2) is 6.42. The summed E-state index contributed by atoms with van der Waals surface area (Å²) in [6.07, 6.45) is 0. The fourth-order valence-corrected chi connectivity index (χ4v) is 3.18. The zero-order valence-electron chi connectivity index (χ0n) is 13.6. The third kappa shape index (κ3) is 2.80. The van der Waals surface area contributed by atoms with Crippen LogP contribution >= 0.6 is 11.6 Å². The summed E-state index contributed by atoms with van der Waals surface area (Å²) in [5.74, 6) is 0.00949. The van der Waals surface area contributed by atoms with Gasteiger partial charge in [-0.2, -0.15) is 0 Å². The van der Waals surface area contributed by atoms with Crippen molar-refractivity contribution in [2.24, 2.45) is 0 Å². The van der Waals surface area contributed by atoms with Crippen LogP contribution in [0.5, 0.6) is 0 Å². The van der Waals surface area contributed by atoms with E-state index in [1.807, 2.05) is 0 Å². The van der Waals surface area contributed by atoms with Crippen molar-refractivity contribution < 1.29 is 4.39 Å². The number of hydrogen-bond acceptors (Lipinski definition) is 4. The summed E-state index contributed by atoms with van der Waals surface area (Å²) in [5.41, 5.74) is 0.0632. The van der Waals surface area contributed by atoms with Gasteiger partial charge in [0.05, 0.1) is 6.54 Å². The van der Waals surface area contributed by atoms with Crippen LogP contribution in [0.4, 0.5) is 16.0 Å². The molecule has 8 heteroatoms. The first-order valence-corrected chi connectivity index (χ1v) is 8.41. The maximum Gasteiger partial charge on any atom is 0.333 e. The Labute approximate surface area is 152 Å².